The molecule has 0 bridgehead atoms. The van der Waals surface area contributed by atoms with Gasteiger partial charge < -0.3 is 19.2 Å². The Morgan fingerprint density at radius 3 is 2.79 bits per heavy atom. The van der Waals surface area contributed by atoms with E-state index in [-0.39, 0.29) is 17.6 Å². The monoisotopic (exact) mass is 398 g/mol. The Labute approximate surface area is 172 Å². The molecule has 6 heteroatoms. The van der Waals surface area contributed by atoms with Crippen molar-refractivity contribution in [3.63, 3.8) is 0 Å². The molecule has 29 heavy (non-hydrogen) atoms. The number of carbonyl (C=O) groups is 1. The molecule has 1 amide bonds. The van der Waals surface area contributed by atoms with Crippen molar-refractivity contribution in [3.05, 3.63) is 53.5 Å². The second-order valence-electron chi connectivity index (χ2n) is 8.23. The van der Waals surface area contributed by atoms with Crippen molar-refractivity contribution in [2.45, 2.75) is 50.9 Å². The van der Waals surface area contributed by atoms with Gasteiger partial charge in [-0.05, 0) is 61.9 Å². The summed E-state index contributed by atoms with van der Waals surface area (Å²) in [5.41, 5.74) is 2.48. The maximum absolute atomic E-state index is 12.0. The van der Waals surface area contributed by atoms with Crippen molar-refractivity contribution in [1.82, 2.24) is 10.2 Å². The maximum atomic E-state index is 12.0. The second kappa shape index (κ2) is 8.59. The predicted molar refractivity (Wildman–Crippen MR) is 110 cm³/mol. The smallest absolute Gasteiger partial charge is 0.287 e. The molecular formula is C23H30N2O4. The lowest BCUT2D eigenvalue weighted by atomic mass is 9.88. The summed E-state index contributed by atoms with van der Waals surface area (Å²) in [7, 11) is 1.71. The molecule has 4 rings (SSSR count). The van der Waals surface area contributed by atoms with E-state index in [1.165, 1.54) is 17.4 Å². The highest BCUT2D eigenvalue weighted by Crippen LogP contribution is 2.39. The van der Waals surface area contributed by atoms with Crippen LogP contribution in [0.2, 0.25) is 0 Å². The lowest BCUT2D eigenvalue weighted by Gasteiger charge is -2.39. The fourth-order valence-corrected chi connectivity index (χ4v) is 4.52. The molecule has 2 fully saturated rings. The van der Waals surface area contributed by atoms with E-state index >= 15 is 0 Å². The number of nitrogens with one attached hydrogen (secondary N) is 1. The van der Waals surface area contributed by atoms with E-state index in [1.54, 1.807) is 19.2 Å². The summed E-state index contributed by atoms with van der Waals surface area (Å²) < 4.78 is 16.9. The minimum atomic E-state index is -0.177. The van der Waals surface area contributed by atoms with Gasteiger partial charge in [0.05, 0.1) is 25.1 Å². The molecule has 2 aliphatic heterocycles. The van der Waals surface area contributed by atoms with Gasteiger partial charge in [0, 0.05) is 26.2 Å². The first kappa shape index (κ1) is 20.0. The molecule has 2 saturated heterocycles. The van der Waals surface area contributed by atoms with Crippen molar-refractivity contribution in [3.8, 4) is 5.75 Å². The quantitative estimate of drug-likeness (QED) is 0.806. The first-order chi connectivity index (χ1) is 14.1. The summed E-state index contributed by atoms with van der Waals surface area (Å²) in [5.74, 6) is 1.11. The van der Waals surface area contributed by atoms with Gasteiger partial charge in [-0.3, -0.25) is 9.69 Å². The number of carbonyl (C=O) groups excluding carboxylic acids is 1. The van der Waals surface area contributed by atoms with Crippen LogP contribution in [0, 0.1) is 6.92 Å². The van der Waals surface area contributed by atoms with Crippen LogP contribution in [0.25, 0.3) is 0 Å². The average Bonchev–Trinajstić information content (AvgIpc) is 3.39. The molecule has 156 valence electrons. The lowest BCUT2D eigenvalue weighted by Crippen LogP contribution is -2.44. The molecule has 1 aromatic carbocycles. The molecule has 1 spiro atoms. The normalized spacial score (nSPS) is 21.4. The Balaban J connectivity index is 1.24. The molecule has 1 N–H and O–H groups in total. The predicted octanol–water partition coefficient (Wildman–Crippen LogP) is 3.54. The Kier molecular flexibility index (Phi) is 5.92. The Bertz CT molecular complexity index is 825. The van der Waals surface area contributed by atoms with Crippen LogP contribution in [-0.2, 0) is 11.3 Å². The summed E-state index contributed by atoms with van der Waals surface area (Å²) in [6, 6.07) is 9.81. The zero-order valence-corrected chi connectivity index (χ0v) is 17.3. The topological polar surface area (TPSA) is 63.9 Å². The molecule has 0 aliphatic carbocycles. The number of ether oxygens (including phenoxy) is 2. The molecule has 2 aromatic rings. The molecule has 1 aromatic heterocycles. The van der Waals surface area contributed by atoms with Gasteiger partial charge in [0.1, 0.15) is 5.75 Å². The average molecular weight is 399 g/mol. The van der Waals surface area contributed by atoms with Gasteiger partial charge in [-0.15, -0.1) is 0 Å². The highest BCUT2D eigenvalue weighted by atomic mass is 16.5. The van der Waals surface area contributed by atoms with Crippen molar-refractivity contribution in [1.29, 1.82) is 0 Å². The molecule has 6 nitrogen and oxygen atoms in total. The van der Waals surface area contributed by atoms with E-state index in [1.807, 2.05) is 0 Å². The van der Waals surface area contributed by atoms with Gasteiger partial charge in [0.25, 0.3) is 5.91 Å². The zero-order chi connectivity index (χ0) is 20.3. The number of amides is 1. The summed E-state index contributed by atoms with van der Waals surface area (Å²) >= 11 is 0. The number of hydrogen-bond donors (Lipinski definition) is 1. The number of aryl methyl sites for hydroxylation is 1. The fourth-order valence-electron chi connectivity index (χ4n) is 4.52. The van der Waals surface area contributed by atoms with E-state index in [0.717, 1.165) is 51.1 Å². The molecule has 0 radical (unpaired) electrons. The van der Waals surface area contributed by atoms with Crippen LogP contribution in [0.15, 0.2) is 41.0 Å². The van der Waals surface area contributed by atoms with Crippen molar-refractivity contribution in [2.24, 2.45) is 0 Å². The number of methoxy groups -OCH3 is 1. The van der Waals surface area contributed by atoms with Crippen LogP contribution < -0.4 is 10.1 Å². The van der Waals surface area contributed by atoms with E-state index in [2.05, 4.69) is 35.3 Å². The third kappa shape index (κ3) is 4.65. The van der Waals surface area contributed by atoms with Crippen LogP contribution in [-0.4, -0.2) is 49.3 Å². The highest BCUT2D eigenvalue weighted by Gasteiger charge is 2.42. The maximum Gasteiger partial charge on any atom is 0.287 e. The lowest BCUT2D eigenvalue weighted by molar-refractivity contribution is -0.0764. The first-order valence-electron chi connectivity index (χ1n) is 10.4. The summed E-state index contributed by atoms with van der Waals surface area (Å²) in [6.07, 6.45) is 5.76. The van der Waals surface area contributed by atoms with Crippen LogP contribution >= 0.6 is 0 Å². The van der Waals surface area contributed by atoms with Gasteiger partial charge in [0.2, 0.25) is 0 Å². The van der Waals surface area contributed by atoms with E-state index in [0.29, 0.717) is 12.3 Å². The van der Waals surface area contributed by atoms with Gasteiger partial charge in [-0.2, -0.15) is 0 Å². The van der Waals surface area contributed by atoms with Gasteiger partial charge in [-0.25, -0.2) is 0 Å². The molecular weight excluding hydrogens is 368 g/mol. The van der Waals surface area contributed by atoms with Crippen molar-refractivity contribution in [2.75, 3.05) is 26.7 Å². The SMILES string of the molecule is COc1ccc(CN2CCC3(CC[C@H](CNC(=O)c4ccco4)O3)CC2)cc1C. The zero-order valence-electron chi connectivity index (χ0n) is 17.3. The number of piperidine rings is 1. The minimum Gasteiger partial charge on any atom is -0.496 e. The van der Waals surface area contributed by atoms with Gasteiger partial charge in [-0.1, -0.05) is 12.1 Å². The standard InChI is InChI=1S/C23H30N2O4/c1-17-14-18(5-6-20(17)27-2)16-25-11-9-23(10-12-25)8-7-19(29-23)15-24-22(26)21-4-3-13-28-21/h3-6,13-14,19H,7-12,15-16H2,1-2H3,(H,24,26)/t19-/m1/s1. The highest BCUT2D eigenvalue weighted by molar-refractivity contribution is 5.91. The molecule has 0 unspecified atom stereocenters. The minimum absolute atomic E-state index is 0.0214. The second-order valence-corrected chi connectivity index (χ2v) is 8.23. The number of likely N-dealkylation sites (tertiary alicyclic amines) is 1. The van der Waals surface area contributed by atoms with E-state index in [9.17, 15) is 4.79 Å². The molecule has 0 saturated carbocycles. The number of nitrogens with zero attached hydrogens (tertiary/aromatic N) is 1. The van der Waals surface area contributed by atoms with Gasteiger partial charge in [0.15, 0.2) is 5.76 Å². The van der Waals surface area contributed by atoms with Crippen molar-refractivity contribution >= 4 is 5.91 Å². The Morgan fingerprint density at radius 2 is 2.10 bits per heavy atom. The molecule has 1 atom stereocenters. The Hall–Kier alpha value is -2.31. The van der Waals surface area contributed by atoms with Gasteiger partial charge >= 0.3 is 0 Å². The van der Waals surface area contributed by atoms with Crippen molar-refractivity contribution < 1.29 is 18.7 Å². The number of benzene rings is 1. The third-order valence-corrected chi connectivity index (χ3v) is 6.21. The van der Waals surface area contributed by atoms with Crippen LogP contribution in [0.5, 0.6) is 5.75 Å². The molecule has 3 heterocycles. The van der Waals surface area contributed by atoms with Crippen LogP contribution in [0.4, 0.5) is 0 Å². The van der Waals surface area contributed by atoms with Crippen LogP contribution in [0.1, 0.15) is 47.4 Å². The Morgan fingerprint density at radius 1 is 1.28 bits per heavy atom. The third-order valence-electron chi connectivity index (χ3n) is 6.21. The first-order valence-corrected chi connectivity index (χ1v) is 10.4. The largest absolute Gasteiger partial charge is 0.496 e. The summed E-state index contributed by atoms with van der Waals surface area (Å²) in [4.78, 5) is 14.5. The molecule has 2 aliphatic rings. The summed E-state index contributed by atoms with van der Waals surface area (Å²) in [5, 5.41) is 2.93. The van der Waals surface area contributed by atoms with Crippen LogP contribution in [0.3, 0.4) is 0 Å². The number of rotatable bonds is 6. The number of furan rings is 1. The summed E-state index contributed by atoms with van der Waals surface area (Å²) in [6.45, 7) is 5.66. The van der Waals surface area contributed by atoms with E-state index < -0.39 is 0 Å². The fraction of sp³-hybridized carbons (Fsp3) is 0.522. The van der Waals surface area contributed by atoms with E-state index in [4.69, 9.17) is 13.9 Å². The number of hydrogen-bond acceptors (Lipinski definition) is 5.